The van der Waals surface area contributed by atoms with Crippen molar-refractivity contribution in [3.05, 3.63) is 17.5 Å². The predicted molar refractivity (Wildman–Crippen MR) is 50.6 cm³/mol. The van der Waals surface area contributed by atoms with Gasteiger partial charge in [0.15, 0.2) is 5.69 Å². The van der Waals surface area contributed by atoms with E-state index in [1.165, 1.54) is 13.2 Å². The fourth-order valence-electron chi connectivity index (χ4n) is 1.12. The van der Waals surface area contributed by atoms with E-state index in [9.17, 15) is 9.59 Å². The van der Waals surface area contributed by atoms with E-state index in [4.69, 9.17) is 5.11 Å². The van der Waals surface area contributed by atoms with E-state index in [-0.39, 0.29) is 5.69 Å². The molecule has 0 amide bonds. The van der Waals surface area contributed by atoms with Crippen molar-refractivity contribution in [3.63, 3.8) is 0 Å². The van der Waals surface area contributed by atoms with Crippen LogP contribution in [-0.2, 0) is 14.9 Å². The minimum Gasteiger partial charge on any atom is -0.476 e. The van der Waals surface area contributed by atoms with E-state index >= 15 is 0 Å². The van der Waals surface area contributed by atoms with Gasteiger partial charge in [-0.1, -0.05) is 0 Å². The lowest BCUT2D eigenvalue weighted by Crippen LogP contribution is -2.30. The first kappa shape index (κ1) is 11.2. The first-order valence-electron chi connectivity index (χ1n) is 4.27. The average Bonchev–Trinajstić information content (AvgIpc) is 2.65. The third kappa shape index (κ3) is 1.98. The predicted octanol–water partition coefficient (Wildman–Crippen LogP) is 0.558. The fraction of sp³-hybridized carbons (Fsp3) is 0.444. The van der Waals surface area contributed by atoms with Crippen LogP contribution in [0.2, 0.25) is 0 Å². The number of esters is 1. The summed E-state index contributed by atoms with van der Waals surface area (Å²) < 4.78 is 4.61. The summed E-state index contributed by atoms with van der Waals surface area (Å²) in [5, 5.41) is 14.7. The Balaban J connectivity index is 3.05. The van der Waals surface area contributed by atoms with Gasteiger partial charge in [-0.3, -0.25) is 9.89 Å². The van der Waals surface area contributed by atoms with Crippen LogP contribution in [0, 0.1) is 0 Å². The minimum atomic E-state index is -1.14. The summed E-state index contributed by atoms with van der Waals surface area (Å²) in [4.78, 5) is 22.0. The van der Waals surface area contributed by atoms with Gasteiger partial charge in [0.1, 0.15) is 5.41 Å². The molecule has 1 aromatic heterocycles. The number of carbonyl (C=O) groups is 2. The normalized spacial score (nSPS) is 11.1. The van der Waals surface area contributed by atoms with Crippen molar-refractivity contribution in [2.45, 2.75) is 19.3 Å². The number of H-pyrrole nitrogens is 1. The highest BCUT2D eigenvalue weighted by Crippen LogP contribution is 2.23. The molecule has 0 atom stereocenters. The van der Waals surface area contributed by atoms with Crippen LogP contribution in [0.5, 0.6) is 0 Å². The second kappa shape index (κ2) is 3.72. The van der Waals surface area contributed by atoms with Crippen molar-refractivity contribution in [2.24, 2.45) is 0 Å². The summed E-state index contributed by atoms with van der Waals surface area (Å²) in [6, 6.07) is 1.32. The van der Waals surface area contributed by atoms with Crippen LogP contribution in [0.3, 0.4) is 0 Å². The maximum absolute atomic E-state index is 11.4. The zero-order chi connectivity index (χ0) is 11.6. The molecule has 0 aromatic carbocycles. The third-order valence-corrected chi connectivity index (χ3v) is 2.17. The molecule has 0 saturated carbocycles. The second-order valence-corrected chi connectivity index (χ2v) is 3.59. The van der Waals surface area contributed by atoms with Crippen molar-refractivity contribution in [1.29, 1.82) is 0 Å². The monoisotopic (exact) mass is 212 g/mol. The molecule has 0 bridgehead atoms. The molecule has 1 rings (SSSR count). The number of carboxylic acids is 1. The maximum atomic E-state index is 11.4. The summed E-state index contributed by atoms with van der Waals surface area (Å²) in [5.74, 6) is -1.60. The summed E-state index contributed by atoms with van der Waals surface area (Å²) in [5.41, 5.74) is -0.649. The fourth-order valence-corrected chi connectivity index (χ4v) is 1.12. The number of methoxy groups -OCH3 is 1. The van der Waals surface area contributed by atoms with E-state index in [0.29, 0.717) is 5.69 Å². The van der Waals surface area contributed by atoms with Gasteiger partial charge >= 0.3 is 11.9 Å². The number of carboxylic acid groups (broad SMARTS) is 1. The molecule has 0 aliphatic heterocycles. The maximum Gasteiger partial charge on any atom is 0.356 e. The quantitative estimate of drug-likeness (QED) is 0.714. The SMILES string of the molecule is COC(=O)C(C)(C)c1cc(C(=O)O)n[nH]1. The van der Waals surface area contributed by atoms with Crippen molar-refractivity contribution in [1.82, 2.24) is 10.2 Å². The van der Waals surface area contributed by atoms with E-state index < -0.39 is 17.4 Å². The Labute approximate surface area is 86.2 Å². The summed E-state index contributed by atoms with van der Waals surface area (Å²) in [7, 11) is 1.28. The zero-order valence-corrected chi connectivity index (χ0v) is 8.70. The van der Waals surface area contributed by atoms with Crippen molar-refractivity contribution < 1.29 is 19.4 Å². The largest absolute Gasteiger partial charge is 0.476 e. The second-order valence-electron chi connectivity index (χ2n) is 3.59. The molecule has 0 radical (unpaired) electrons. The van der Waals surface area contributed by atoms with Crippen LogP contribution in [0.1, 0.15) is 30.0 Å². The Morgan fingerprint density at radius 1 is 1.53 bits per heavy atom. The molecule has 1 heterocycles. The molecule has 15 heavy (non-hydrogen) atoms. The Hall–Kier alpha value is -1.85. The number of nitrogens with one attached hydrogen (secondary N) is 1. The lowest BCUT2D eigenvalue weighted by molar-refractivity contribution is -0.146. The average molecular weight is 212 g/mol. The molecule has 0 unspecified atom stereocenters. The lowest BCUT2D eigenvalue weighted by atomic mass is 9.89. The zero-order valence-electron chi connectivity index (χ0n) is 8.70. The number of aromatic carboxylic acids is 1. The number of aromatic amines is 1. The van der Waals surface area contributed by atoms with Crippen molar-refractivity contribution >= 4 is 11.9 Å². The molecule has 6 nitrogen and oxygen atoms in total. The number of hydrogen-bond donors (Lipinski definition) is 2. The van der Waals surface area contributed by atoms with E-state index in [2.05, 4.69) is 14.9 Å². The molecule has 0 fully saturated rings. The van der Waals surface area contributed by atoms with E-state index in [1.54, 1.807) is 13.8 Å². The number of ether oxygens (including phenoxy) is 1. The van der Waals surface area contributed by atoms with Crippen LogP contribution in [0.15, 0.2) is 6.07 Å². The van der Waals surface area contributed by atoms with Gasteiger partial charge in [-0.15, -0.1) is 0 Å². The summed E-state index contributed by atoms with van der Waals surface area (Å²) in [6.45, 7) is 3.25. The Bertz CT molecular complexity index is 395. The van der Waals surface area contributed by atoms with Gasteiger partial charge in [0, 0.05) is 0 Å². The number of rotatable bonds is 3. The number of aromatic nitrogens is 2. The first-order valence-corrected chi connectivity index (χ1v) is 4.27. The highest BCUT2D eigenvalue weighted by Gasteiger charge is 2.33. The van der Waals surface area contributed by atoms with Crippen LogP contribution < -0.4 is 0 Å². The van der Waals surface area contributed by atoms with Gasteiger partial charge in [-0.25, -0.2) is 4.79 Å². The Kier molecular flexibility index (Phi) is 2.78. The van der Waals surface area contributed by atoms with Crippen molar-refractivity contribution in [3.8, 4) is 0 Å². The molecular formula is C9H12N2O4. The van der Waals surface area contributed by atoms with Gasteiger partial charge in [0.25, 0.3) is 0 Å². The first-order chi connectivity index (χ1) is 6.89. The van der Waals surface area contributed by atoms with Crippen LogP contribution in [-0.4, -0.2) is 34.4 Å². The molecule has 0 aliphatic rings. The topological polar surface area (TPSA) is 92.3 Å². The molecule has 82 valence electrons. The van der Waals surface area contributed by atoms with E-state index in [1.807, 2.05) is 0 Å². The molecule has 1 aromatic rings. The third-order valence-electron chi connectivity index (χ3n) is 2.17. The molecule has 0 spiro atoms. The molecular weight excluding hydrogens is 200 g/mol. The molecule has 0 saturated heterocycles. The molecule has 0 aliphatic carbocycles. The van der Waals surface area contributed by atoms with Gasteiger partial charge in [-0.2, -0.15) is 5.10 Å². The Morgan fingerprint density at radius 2 is 2.13 bits per heavy atom. The smallest absolute Gasteiger partial charge is 0.356 e. The number of hydrogen-bond acceptors (Lipinski definition) is 4. The molecule has 2 N–H and O–H groups in total. The van der Waals surface area contributed by atoms with Gasteiger partial charge < -0.3 is 9.84 Å². The highest BCUT2D eigenvalue weighted by atomic mass is 16.5. The number of carbonyl (C=O) groups excluding carboxylic acids is 1. The molecule has 6 heteroatoms. The van der Waals surface area contributed by atoms with Crippen LogP contribution in [0.4, 0.5) is 0 Å². The van der Waals surface area contributed by atoms with Crippen molar-refractivity contribution in [2.75, 3.05) is 7.11 Å². The minimum absolute atomic E-state index is 0.123. The Morgan fingerprint density at radius 3 is 2.53 bits per heavy atom. The number of nitrogens with zero attached hydrogens (tertiary/aromatic N) is 1. The standard InChI is InChI=1S/C9H12N2O4/c1-9(2,8(14)15-3)6-4-5(7(12)13)10-11-6/h4H,1-3H3,(H,10,11)(H,12,13). The van der Waals surface area contributed by atoms with E-state index in [0.717, 1.165) is 0 Å². The lowest BCUT2D eigenvalue weighted by Gasteiger charge is -2.18. The van der Waals surface area contributed by atoms with Gasteiger partial charge in [-0.05, 0) is 19.9 Å². The van der Waals surface area contributed by atoms with Crippen LogP contribution in [0.25, 0.3) is 0 Å². The summed E-state index contributed by atoms with van der Waals surface area (Å²) in [6.07, 6.45) is 0. The van der Waals surface area contributed by atoms with Gasteiger partial charge in [0.2, 0.25) is 0 Å². The van der Waals surface area contributed by atoms with Gasteiger partial charge in [0.05, 0.1) is 12.8 Å². The highest BCUT2D eigenvalue weighted by molar-refractivity contribution is 5.87. The van der Waals surface area contributed by atoms with Crippen LogP contribution >= 0.6 is 0 Å². The summed E-state index contributed by atoms with van der Waals surface area (Å²) >= 11 is 0.